The normalized spacial score (nSPS) is 20.7. The van der Waals surface area contributed by atoms with Crippen LogP contribution in [-0.2, 0) is 16.0 Å². The largest absolute Gasteiger partial charge is 0.376 e. The maximum Gasteiger partial charge on any atom is 0.228 e. The highest BCUT2D eigenvalue weighted by Crippen LogP contribution is 2.17. The first kappa shape index (κ1) is 18.2. The van der Waals surface area contributed by atoms with Crippen molar-refractivity contribution in [3.63, 3.8) is 0 Å². The van der Waals surface area contributed by atoms with Gasteiger partial charge in [0.2, 0.25) is 5.91 Å². The highest BCUT2D eigenvalue weighted by molar-refractivity contribution is 5.85. The molecule has 0 radical (unpaired) electrons. The molecule has 1 atom stereocenters. The highest BCUT2D eigenvalue weighted by Gasteiger charge is 2.31. The fourth-order valence-electron chi connectivity index (χ4n) is 3.07. The minimum absolute atomic E-state index is 0. The van der Waals surface area contributed by atoms with Gasteiger partial charge < -0.3 is 15.0 Å². The van der Waals surface area contributed by atoms with Gasteiger partial charge in [-0.25, -0.2) is 0 Å². The third-order valence-electron chi connectivity index (χ3n) is 4.68. The number of hydrogen-bond acceptors (Lipinski definition) is 3. The molecule has 1 N–H and O–H groups in total. The van der Waals surface area contributed by atoms with Gasteiger partial charge in [-0.05, 0) is 31.7 Å². The molecule has 2 heterocycles. The summed E-state index contributed by atoms with van der Waals surface area (Å²) >= 11 is 0. The summed E-state index contributed by atoms with van der Waals surface area (Å²) in [4.78, 5) is 14.6. The lowest BCUT2D eigenvalue weighted by atomic mass is 10.0. The molecule has 2 aliphatic rings. The second-order valence-corrected chi connectivity index (χ2v) is 6.51. The Morgan fingerprint density at radius 1 is 1.30 bits per heavy atom. The summed E-state index contributed by atoms with van der Waals surface area (Å²) < 4.78 is 5.72. The van der Waals surface area contributed by atoms with E-state index in [1.165, 1.54) is 11.1 Å². The minimum atomic E-state index is 0. The van der Waals surface area contributed by atoms with Crippen LogP contribution in [0.15, 0.2) is 24.3 Å². The molecule has 1 unspecified atom stereocenters. The smallest absolute Gasteiger partial charge is 0.228 e. The van der Waals surface area contributed by atoms with Crippen molar-refractivity contribution in [1.29, 1.82) is 0 Å². The van der Waals surface area contributed by atoms with Gasteiger partial charge in [0.15, 0.2) is 0 Å². The van der Waals surface area contributed by atoms with Gasteiger partial charge in [0.25, 0.3) is 0 Å². The second-order valence-electron chi connectivity index (χ2n) is 6.51. The summed E-state index contributed by atoms with van der Waals surface area (Å²) in [5, 5.41) is 3.19. The van der Waals surface area contributed by atoms with Crippen molar-refractivity contribution in [1.82, 2.24) is 10.2 Å². The molecule has 2 aliphatic heterocycles. The van der Waals surface area contributed by atoms with Crippen LogP contribution in [0.5, 0.6) is 0 Å². The summed E-state index contributed by atoms with van der Waals surface area (Å²) in [5.74, 6) is 0.459. The van der Waals surface area contributed by atoms with Crippen molar-refractivity contribution < 1.29 is 9.53 Å². The topological polar surface area (TPSA) is 41.6 Å². The van der Waals surface area contributed by atoms with E-state index in [1.54, 1.807) is 0 Å². The van der Waals surface area contributed by atoms with Gasteiger partial charge >= 0.3 is 0 Å². The van der Waals surface area contributed by atoms with Crippen molar-refractivity contribution in [3.8, 4) is 0 Å². The molecule has 0 saturated carbocycles. The van der Waals surface area contributed by atoms with Crippen LogP contribution in [-0.4, -0.2) is 49.7 Å². The molecule has 0 aromatic heterocycles. The van der Waals surface area contributed by atoms with E-state index < -0.39 is 0 Å². The lowest BCUT2D eigenvalue weighted by molar-refractivity contribution is -0.138. The number of aryl methyl sites for hydroxylation is 1. The maximum atomic E-state index is 12.6. The maximum absolute atomic E-state index is 12.6. The Hall–Kier alpha value is -1.10. The van der Waals surface area contributed by atoms with Crippen molar-refractivity contribution >= 4 is 18.3 Å². The Labute approximate surface area is 145 Å². The Morgan fingerprint density at radius 3 is 2.61 bits per heavy atom. The first-order valence-corrected chi connectivity index (χ1v) is 8.39. The highest BCUT2D eigenvalue weighted by atomic mass is 35.5. The number of carbonyl (C=O) groups is 1. The van der Waals surface area contributed by atoms with Crippen LogP contribution >= 0.6 is 12.4 Å². The van der Waals surface area contributed by atoms with Crippen LogP contribution in [0.4, 0.5) is 0 Å². The molecule has 128 valence electrons. The summed E-state index contributed by atoms with van der Waals surface area (Å²) in [6.07, 6.45) is 3.35. The quantitative estimate of drug-likeness (QED) is 0.864. The third kappa shape index (κ3) is 4.93. The number of nitrogens with one attached hydrogen (secondary N) is 1. The van der Waals surface area contributed by atoms with Crippen LogP contribution < -0.4 is 5.32 Å². The van der Waals surface area contributed by atoms with Gasteiger partial charge in [-0.2, -0.15) is 0 Å². The first-order valence-electron chi connectivity index (χ1n) is 8.39. The van der Waals surface area contributed by atoms with Gasteiger partial charge in [0.1, 0.15) is 0 Å². The molecule has 4 nitrogen and oxygen atoms in total. The number of halogens is 1. The molecule has 3 rings (SSSR count). The Kier molecular flexibility index (Phi) is 6.88. The van der Waals surface area contributed by atoms with Crippen molar-refractivity contribution in [2.75, 3.05) is 32.8 Å². The zero-order chi connectivity index (χ0) is 15.4. The number of ether oxygens (including phenoxy) is 1. The van der Waals surface area contributed by atoms with E-state index in [0.717, 1.165) is 52.0 Å². The molecule has 23 heavy (non-hydrogen) atoms. The standard InChI is InChI=1S/C18H26N2O2.ClH/c1-14-4-6-15(7-5-14)8-9-20(13-17-3-2-10-22-17)18(21)16-11-19-12-16;/h4-7,16-17,19H,2-3,8-13H2,1H3;1H. The summed E-state index contributed by atoms with van der Waals surface area (Å²) in [5.41, 5.74) is 2.57. The summed E-state index contributed by atoms with van der Waals surface area (Å²) in [6.45, 7) is 6.13. The Bertz CT molecular complexity index is 496. The molecule has 5 heteroatoms. The monoisotopic (exact) mass is 338 g/mol. The lowest BCUT2D eigenvalue weighted by Crippen LogP contribution is -2.53. The van der Waals surface area contributed by atoms with E-state index in [4.69, 9.17) is 4.74 Å². The van der Waals surface area contributed by atoms with Crippen LogP contribution in [0.25, 0.3) is 0 Å². The van der Waals surface area contributed by atoms with Gasteiger partial charge in [-0.1, -0.05) is 29.8 Å². The molecule has 1 amide bonds. The SMILES string of the molecule is Cc1ccc(CCN(CC2CCCO2)C(=O)C2CNC2)cc1.Cl. The predicted octanol–water partition coefficient (Wildman–Crippen LogP) is 2.19. The average molecular weight is 339 g/mol. The molecule has 2 fully saturated rings. The van der Waals surface area contributed by atoms with E-state index in [9.17, 15) is 4.79 Å². The van der Waals surface area contributed by atoms with Crippen molar-refractivity contribution in [2.24, 2.45) is 5.92 Å². The Balaban J connectivity index is 0.00000192. The second kappa shape index (κ2) is 8.67. The van der Waals surface area contributed by atoms with E-state index in [0.29, 0.717) is 5.91 Å². The summed E-state index contributed by atoms with van der Waals surface area (Å²) in [7, 11) is 0. The van der Waals surface area contributed by atoms with E-state index >= 15 is 0 Å². The molecule has 1 aromatic rings. The van der Waals surface area contributed by atoms with Crippen LogP contribution in [0, 0.1) is 12.8 Å². The van der Waals surface area contributed by atoms with Gasteiger partial charge in [-0.3, -0.25) is 4.79 Å². The number of nitrogens with zero attached hydrogens (tertiary/aromatic N) is 1. The van der Waals surface area contributed by atoms with E-state index in [1.807, 2.05) is 4.90 Å². The minimum Gasteiger partial charge on any atom is -0.376 e. The number of benzene rings is 1. The fraction of sp³-hybridized carbons (Fsp3) is 0.611. The predicted molar refractivity (Wildman–Crippen MR) is 94.0 cm³/mol. The van der Waals surface area contributed by atoms with Crippen molar-refractivity contribution in [3.05, 3.63) is 35.4 Å². The molecule has 2 saturated heterocycles. The number of hydrogen-bond donors (Lipinski definition) is 1. The first-order chi connectivity index (χ1) is 10.7. The molecule has 0 spiro atoms. The lowest BCUT2D eigenvalue weighted by Gasteiger charge is -2.33. The van der Waals surface area contributed by atoms with Crippen LogP contribution in [0.2, 0.25) is 0 Å². The van der Waals surface area contributed by atoms with Gasteiger partial charge in [0.05, 0.1) is 12.0 Å². The zero-order valence-electron chi connectivity index (χ0n) is 13.8. The van der Waals surface area contributed by atoms with Crippen LogP contribution in [0.3, 0.4) is 0 Å². The molecule has 1 aromatic carbocycles. The third-order valence-corrected chi connectivity index (χ3v) is 4.68. The number of amides is 1. The molecule has 0 aliphatic carbocycles. The van der Waals surface area contributed by atoms with Crippen LogP contribution in [0.1, 0.15) is 24.0 Å². The summed E-state index contributed by atoms with van der Waals surface area (Å²) in [6, 6.07) is 8.60. The van der Waals surface area contributed by atoms with E-state index in [2.05, 4.69) is 36.5 Å². The van der Waals surface area contributed by atoms with E-state index in [-0.39, 0.29) is 24.4 Å². The van der Waals surface area contributed by atoms with Gasteiger partial charge in [0, 0.05) is 32.8 Å². The van der Waals surface area contributed by atoms with Gasteiger partial charge in [-0.15, -0.1) is 12.4 Å². The molecule has 0 bridgehead atoms. The number of rotatable bonds is 6. The zero-order valence-corrected chi connectivity index (χ0v) is 14.6. The average Bonchev–Trinajstić information content (AvgIpc) is 2.96. The Morgan fingerprint density at radius 2 is 2.04 bits per heavy atom. The molecular formula is C18H27ClN2O2. The number of carbonyl (C=O) groups excluding carboxylic acids is 1. The fourth-order valence-corrected chi connectivity index (χ4v) is 3.07. The molecular weight excluding hydrogens is 312 g/mol. The van der Waals surface area contributed by atoms with Crippen molar-refractivity contribution in [2.45, 2.75) is 32.3 Å².